The molecule has 2 fully saturated rings. The molecule has 4 aromatic carbocycles. The molecule has 2 heterocycles. The van der Waals surface area contributed by atoms with Gasteiger partial charge in [0.15, 0.2) is 16.0 Å². The molecule has 0 unspecified atom stereocenters. The highest BCUT2D eigenvalue weighted by Gasteiger charge is 2.51. The normalized spacial score (nSPS) is 14.8. The van der Waals surface area contributed by atoms with E-state index in [-0.39, 0.29) is 72.6 Å². The third kappa shape index (κ3) is 10.3. The highest BCUT2D eigenvalue weighted by atomic mass is 127. The summed E-state index contributed by atoms with van der Waals surface area (Å²) in [6.45, 7) is 5.70. The number of carbonyl (C=O) groups excluding carboxylic acids is 3. The average Bonchev–Trinajstić information content (AvgIpc) is 3.52. The van der Waals surface area contributed by atoms with Crippen LogP contribution >= 0.6 is 82.6 Å². The number of aliphatic hydroxyl groups is 1. The molecule has 0 aliphatic carbocycles. The van der Waals surface area contributed by atoms with Crippen LogP contribution in [0.4, 0.5) is 31.5 Å². The molecule has 2 aliphatic rings. The van der Waals surface area contributed by atoms with Gasteiger partial charge in [-0.1, -0.05) is 45.8 Å². The lowest BCUT2D eigenvalue weighted by Crippen LogP contribution is -2.44. The van der Waals surface area contributed by atoms with Gasteiger partial charge < -0.3 is 25.2 Å². The molecule has 6 rings (SSSR count). The van der Waals surface area contributed by atoms with Crippen LogP contribution in [0.1, 0.15) is 60.9 Å². The Bertz CT molecular complexity index is 2570. The number of anilines is 4. The molecule has 62 heavy (non-hydrogen) atoms. The Kier molecular flexibility index (Phi) is 18.2. The van der Waals surface area contributed by atoms with E-state index in [0.717, 1.165) is 18.2 Å². The molecule has 14 nitrogen and oxygen atoms in total. The van der Waals surface area contributed by atoms with Crippen molar-refractivity contribution >= 4 is 139 Å². The topological polar surface area (TPSA) is 216 Å². The Morgan fingerprint density at radius 1 is 0.758 bits per heavy atom. The number of carboxylic acid groups (broad SMARTS) is 1. The van der Waals surface area contributed by atoms with E-state index in [1.54, 1.807) is 39.8 Å². The molecule has 4 aromatic rings. The summed E-state index contributed by atoms with van der Waals surface area (Å²) in [7, 11) is 0. The molecule has 5 N–H and O–H groups in total. The molecular formula is C40H35Cl3F2IN7O7S2. The molecule has 2 saturated heterocycles. The number of nitrogens with two attached hydrogens (primary N) is 1. The molecule has 2 amide bonds. The van der Waals surface area contributed by atoms with Crippen LogP contribution in [0.3, 0.4) is 0 Å². The van der Waals surface area contributed by atoms with Gasteiger partial charge in [-0.3, -0.25) is 24.2 Å². The van der Waals surface area contributed by atoms with Crippen molar-refractivity contribution in [2.45, 2.75) is 38.8 Å². The number of ketones is 1. The van der Waals surface area contributed by atoms with Crippen LogP contribution in [-0.2, 0) is 9.59 Å². The average molecular weight is 1060 g/mol. The summed E-state index contributed by atoms with van der Waals surface area (Å²) in [4.78, 5) is 54.7. The molecule has 0 radical (unpaired) electrons. The lowest BCUT2D eigenvalue weighted by molar-refractivity contribution is -0.121. The van der Waals surface area contributed by atoms with E-state index in [4.69, 9.17) is 75.0 Å². The van der Waals surface area contributed by atoms with E-state index in [9.17, 15) is 28.0 Å². The number of aromatic carboxylic acids is 1. The second kappa shape index (κ2) is 21.9. The number of Topliss-reactive ketones (excluding diaryl/α,β-unsaturated/α-hetero) is 1. The van der Waals surface area contributed by atoms with E-state index in [1.165, 1.54) is 62.1 Å². The standard InChI is InChI=1S/C20H15ClFN3O3S.C19H13ClFN3O3S.CH3I.ClH.H3NO/c1-20(2)18(28)24(12-4-3-11(9-23)15(21)7-12)19(29)25(20)13-5-6-14(16(22)8-13)17(27)10-26;1-19(2)17(27)23(11-4-3-10(9-22)14(20)7-11)18(28)24(19)12-5-6-13(16(25)26)15(21)8-12;1-2;;1-2/h3-8,26H,10H2,1-2H3;3-8H,1-2H3,(H,25,26);1H3;1H;2H,1H2/i;;1D;;. The second-order valence-corrected chi connectivity index (χ2v) is 14.9. The Balaban J connectivity index is 0.000000388. The number of halogens is 6. The number of carboxylic acids is 1. The van der Waals surface area contributed by atoms with Crippen molar-refractivity contribution in [2.75, 3.05) is 31.1 Å². The summed E-state index contributed by atoms with van der Waals surface area (Å²) in [6.07, 6.45) is 0. The van der Waals surface area contributed by atoms with Gasteiger partial charge in [-0.05, 0) is 130 Å². The Labute approximate surface area is 396 Å². The van der Waals surface area contributed by atoms with Gasteiger partial charge in [0.25, 0.3) is 11.8 Å². The number of carbonyl (C=O) groups is 4. The van der Waals surface area contributed by atoms with Gasteiger partial charge in [0.1, 0.15) is 41.5 Å². The second-order valence-electron chi connectivity index (χ2n) is 13.4. The predicted molar refractivity (Wildman–Crippen MR) is 250 cm³/mol. The first-order valence-corrected chi connectivity index (χ1v) is 20.1. The van der Waals surface area contributed by atoms with Gasteiger partial charge in [0, 0.05) is 12.7 Å². The minimum Gasteiger partial charge on any atom is -0.478 e. The molecule has 0 saturated carbocycles. The number of alkyl halides is 1. The quantitative estimate of drug-likeness (QED) is 0.0451. The maximum Gasteiger partial charge on any atom is 0.338 e. The van der Waals surface area contributed by atoms with Crippen molar-refractivity contribution in [2.24, 2.45) is 5.90 Å². The van der Waals surface area contributed by atoms with Gasteiger partial charge in [0.2, 0.25) is 0 Å². The predicted octanol–water partition coefficient (Wildman–Crippen LogP) is 8.22. The van der Waals surface area contributed by atoms with Crippen LogP contribution in [0.5, 0.6) is 0 Å². The van der Waals surface area contributed by atoms with Crippen LogP contribution in [0.2, 0.25) is 10.0 Å². The zero-order valence-electron chi connectivity index (χ0n) is 33.7. The number of thiocarbonyl (C=S) groups is 2. The van der Waals surface area contributed by atoms with E-state index in [2.05, 4.69) is 5.90 Å². The fraction of sp³-hybridized carbons (Fsp3) is 0.200. The molecule has 0 bridgehead atoms. The van der Waals surface area contributed by atoms with Crippen LogP contribution in [0, 0.1) is 34.3 Å². The summed E-state index contributed by atoms with van der Waals surface area (Å²) < 4.78 is 34.8. The van der Waals surface area contributed by atoms with Crippen LogP contribution in [-0.4, -0.2) is 71.8 Å². The molecule has 0 aromatic heterocycles. The number of hydrogen-bond acceptors (Lipinski definition) is 11. The fourth-order valence-electron chi connectivity index (χ4n) is 6.15. The molecule has 22 heteroatoms. The smallest absolute Gasteiger partial charge is 0.338 e. The van der Waals surface area contributed by atoms with Crippen molar-refractivity contribution in [3.63, 3.8) is 0 Å². The zero-order chi connectivity index (χ0) is 47.0. The maximum absolute atomic E-state index is 14.4. The van der Waals surface area contributed by atoms with Crippen molar-refractivity contribution in [3.05, 3.63) is 117 Å². The highest BCUT2D eigenvalue weighted by molar-refractivity contribution is 14.1. The molecule has 0 atom stereocenters. The van der Waals surface area contributed by atoms with Gasteiger partial charge >= 0.3 is 5.97 Å². The molecule has 326 valence electrons. The van der Waals surface area contributed by atoms with E-state index >= 15 is 0 Å². The monoisotopic (exact) mass is 1060 g/mol. The van der Waals surface area contributed by atoms with Crippen LogP contribution < -0.4 is 25.5 Å². The third-order valence-corrected chi connectivity index (χ3v) is 10.5. The first kappa shape index (κ1) is 51.4. The van der Waals surface area contributed by atoms with Crippen LogP contribution in [0.25, 0.3) is 0 Å². The lowest BCUT2D eigenvalue weighted by Gasteiger charge is -2.29. The van der Waals surface area contributed by atoms with Gasteiger partial charge in [-0.15, -0.1) is 12.4 Å². The van der Waals surface area contributed by atoms with Gasteiger partial charge in [-0.25, -0.2) is 19.5 Å². The van der Waals surface area contributed by atoms with Gasteiger partial charge in [0.05, 0.1) is 43.7 Å². The first-order valence-electron chi connectivity index (χ1n) is 17.7. The largest absolute Gasteiger partial charge is 0.478 e. The highest BCUT2D eigenvalue weighted by Crippen LogP contribution is 2.39. The number of rotatable bonds is 7. The Morgan fingerprint density at radius 2 is 1.10 bits per heavy atom. The summed E-state index contributed by atoms with van der Waals surface area (Å²) in [5.41, 5.74) is -1.24. The number of amides is 2. The van der Waals surface area contributed by atoms with Crippen LogP contribution in [0.15, 0.2) is 72.8 Å². The van der Waals surface area contributed by atoms with E-state index in [0.29, 0.717) is 16.3 Å². The number of aliphatic hydroxyl groups excluding tert-OH is 1. The van der Waals surface area contributed by atoms with E-state index < -0.39 is 46.6 Å². The first-order chi connectivity index (χ1) is 29.1. The minimum atomic E-state index is -1.39. The van der Waals surface area contributed by atoms with Crippen molar-refractivity contribution in [1.82, 2.24) is 0 Å². The summed E-state index contributed by atoms with van der Waals surface area (Å²) in [5, 5.41) is 43.0. The number of nitrogens with zero attached hydrogens (tertiary/aromatic N) is 6. The van der Waals surface area contributed by atoms with Crippen molar-refractivity contribution in [3.8, 4) is 12.1 Å². The van der Waals surface area contributed by atoms with Gasteiger partial charge in [-0.2, -0.15) is 10.5 Å². The SMILES string of the molecule is CC1(C)C(=O)N(c2ccc(C#N)c(Cl)c2)C(=S)N1c1ccc(C(=O)CO)c(F)c1.CC1(C)C(=O)N(c2ccc(C#N)c(Cl)c2)C(=S)N1c1ccc(C(=O)O)c(F)c1.Cl.NO.[2H]CI. The lowest BCUT2D eigenvalue weighted by atomic mass is 10.0. The molecular weight excluding hydrogens is 1030 g/mol. The third-order valence-electron chi connectivity index (χ3n) is 9.09. The van der Waals surface area contributed by atoms with Crippen molar-refractivity contribution in [1.29, 1.82) is 10.5 Å². The maximum atomic E-state index is 14.4. The molecule has 2 aliphatic heterocycles. The fourth-order valence-corrected chi connectivity index (χ4v) is 7.63. The summed E-state index contributed by atoms with van der Waals surface area (Å²) >= 11 is 25.1. The minimum absolute atomic E-state index is 0. The Hall–Kier alpha value is -4.94. The zero-order valence-corrected chi connectivity index (χ0v) is 38.8. The summed E-state index contributed by atoms with van der Waals surface area (Å²) in [6, 6.07) is 20.2. The van der Waals surface area contributed by atoms with Crippen molar-refractivity contribution < 1.29 is 44.8 Å². The number of benzene rings is 4. The number of hydrogen-bond donors (Lipinski definition) is 4. The molecule has 0 spiro atoms. The number of nitriles is 2. The Morgan fingerprint density at radius 3 is 1.39 bits per heavy atom. The summed E-state index contributed by atoms with van der Waals surface area (Å²) in [5.74, 6) is -1.14. The van der Waals surface area contributed by atoms with E-state index in [1.807, 2.05) is 34.7 Å².